The lowest BCUT2D eigenvalue weighted by Gasteiger charge is -2.24. The Kier molecular flexibility index (Phi) is 3.26. The third-order valence-electron chi connectivity index (χ3n) is 3.41. The zero-order valence-electron chi connectivity index (χ0n) is 9.96. The number of nitrogens with zero attached hydrogens (tertiary/aromatic N) is 3. The number of aliphatic carboxylic acids is 1. The molecule has 1 saturated heterocycles. The van der Waals surface area contributed by atoms with Gasteiger partial charge in [-0.1, -0.05) is 13.3 Å². The van der Waals surface area contributed by atoms with Gasteiger partial charge in [-0.3, -0.25) is 9.78 Å². The van der Waals surface area contributed by atoms with Crippen LogP contribution in [-0.2, 0) is 4.79 Å². The van der Waals surface area contributed by atoms with E-state index in [9.17, 15) is 9.90 Å². The van der Waals surface area contributed by atoms with Gasteiger partial charge in [0.25, 0.3) is 0 Å². The predicted molar refractivity (Wildman–Crippen MR) is 63.8 cm³/mol. The van der Waals surface area contributed by atoms with E-state index in [1.165, 1.54) is 0 Å². The summed E-state index contributed by atoms with van der Waals surface area (Å²) in [6.07, 6.45) is 7.24. The zero-order chi connectivity index (χ0) is 12.3. The first kappa shape index (κ1) is 11.8. The van der Waals surface area contributed by atoms with Gasteiger partial charge in [-0.25, -0.2) is 4.98 Å². The summed E-state index contributed by atoms with van der Waals surface area (Å²) in [6, 6.07) is 0. The summed E-state index contributed by atoms with van der Waals surface area (Å²) in [5, 5.41) is 9.40. The van der Waals surface area contributed by atoms with E-state index < -0.39 is 11.4 Å². The normalized spacial score (nSPS) is 23.9. The highest BCUT2D eigenvalue weighted by Crippen LogP contribution is 2.36. The molecule has 0 saturated carbocycles. The Hall–Kier alpha value is -1.65. The first-order valence-electron chi connectivity index (χ1n) is 5.92. The van der Waals surface area contributed by atoms with Crippen molar-refractivity contribution in [2.45, 2.75) is 26.2 Å². The van der Waals surface area contributed by atoms with Gasteiger partial charge in [0.2, 0.25) is 0 Å². The minimum Gasteiger partial charge on any atom is -0.481 e. The van der Waals surface area contributed by atoms with E-state index in [0.717, 1.165) is 25.2 Å². The lowest BCUT2D eigenvalue weighted by molar-refractivity contribution is -0.148. The van der Waals surface area contributed by atoms with Gasteiger partial charge in [-0.15, -0.1) is 0 Å². The molecule has 1 fully saturated rings. The SMILES string of the molecule is CCCC1(C(=O)O)CCN(c2cnccn2)C1. The highest BCUT2D eigenvalue weighted by atomic mass is 16.4. The molecule has 5 heteroatoms. The summed E-state index contributed by atoms with van der Waals surface area (Å²) in [7, 11) is 0. The highest BCUT2D eigenvalue weighted by Gasteiger charge is 2.44. The van der Waals surface area contributed by atoms with Crippen molar-refractivity contribution in [2.75, 3.05) is 18.0 Å². The number of hydrogen-bond acceptors (Lipinski definition) is 4. The second-order valence-corrected chi connectivity index (χ2v) is 4.57. The smallest absolute Gasteiger partial charge is 0.311 e. The second kappa shape index (κ2) is 4.69. The average molecular weight is 235 g/mol. The molecule has 17 heavy (non-hydrogen) atoms. The molecule has 1 aromatic heterocycles. The van der Waals surface area contributed by atoms with Crippen LogP contribution in [-0.4, -0.2) is 34.1 Å². The van der Waals surface area contributed by atoms with Crippen molar-refractivity contribution in [3.63, 3.8) is 0 Å². The molecule has 0 radical (unpaired) electrons. The van der Waals surface area contributed by atoms with Crippen LogP contribution >= 0.6 is 0 Å². The van der Waals surface area contributed by atoms with E-state index in [2.05, 4.69) is 9.97 Å². The molecule has 0 aliphatic carbocycles. The van der Waals surface area contributed by atoms with Gasteiger partial charge < -0.3 is 10.0 Å². The third-order valence-corrected chi connectivity index (χ3v) is 3.41. The summed E-state index contributed by atoms with van der Waals surface area (Å²) >= 11 is 0. The fraction of sp³-hybridized carbons (Fsp3) is 0.583. The van der Waals surface area contributed by atoms with Crippen LogP contribution in [0.5, 0.6) is 0 Å². The van der Waals surface area contributed by atoms with E-state index in [-0.39, 0.29) is 0 Å². The zero-order valence-corrected chi connectivity index (χ0v) is 9.96. The molecule has 0 amide bonds. The molecule has 1 aromatic rings. The van der Waals surface area contributed by atoms with Crippen molar-refractivity contribution in [3.05, 3.63) is 18.6 Å². The maximum atomic E-state index is 11.4. The minimum atomic E-state index is -0.689. The van der Waals surface area contributed by atoms with Crippen LogP contribution in [0.1, 0.15) is 26.2 Å². The molecular weight excluding hydrogens is 218 g/mol. The molecule has 1 N–H and O–H groups in total. The van der Waals surface area contributed by atoms with E-state index in [0.29, 0.717) is 13.0 Å². The Bertz CT molecular complexity index is 396. The second-order valence-electron chi connectivity index (χ2n) is 4.57. The Morgan fingerprint density at radius 1 is 1.59 bits per heavy atom. The Balaban J connectivity index is 2.15. The molecule has 0 spiro atoms. The van der Waals surface area contributed by atoms with Gasteiger partial charge in [-0.05, 0) is 12.8 Å². The van der Waals surface area contributed by atoms with Crippen molar-refractivity contribution in [1.82, 2.24) is 9.97 Å². The van der Waals surface area contributed by atoms with Crippen molar-refractivity contribution in [2.24, 2.45) is 5.41 Å². The summed E-state index contributed by atoms with van der Waals surface area (Å²) < 4.78 is 0. The highest BCUT2D eigenvalue weighted by molar-refractivity contribution is 5.76. The summed E-state index contributed by atoms with van der Waals surface area (Å²) in [4.78, 5) is 21.7. The largest absolute Gasteiger partial charge is 0.481 e. The molecule has 2 heterocycles. The van der Waals surface area contributed by atoms with Crippen LogP contribution in [0.15, 0.2) is 18.6 Å². The molecule has 0 bridgehead atoms. The Morgan fingerprint density at radius 3 is 3.00 bits per heavy atom. The number of rotatable bonds is 4. The fourth-order valence-corrected chi connectivity index (χ4v) is 2.49. The first-order chi connectivity index (χ1) is 8.18. The molecule has 92 valence electrons. The average Bonchev–Trinajstić information content (AvgIpc) is 2.76. The van der Waals surface area contributed by atoms with Gasteiger partial charge in [-0.2, -0.15) is 0 Å². The maximum absolute atomic E-state index is 11.4. The van der Waals surface area contributed by atoms with Crippen LogP contribution in [0.3, 0.4) is 0 Å². The monoisotopic (exact) mass is 235 g/mol. The van der Waals surface area contributed by atoms with Crippen LogP contribution in [0, 0.1) is 5.41 Å². The topological polar surface area (TPSA) is 66.3 Å². The van der Waals surface area contributed by atoms with E-state index in [1.807, 2.05) is 11.8 Å². The first-order valence-corrected chi connectivity index (χ1v) is 5.92. The molecule has 5 nitrogen and oxygen atoms in total. The number of anilines is 1. The van der Waals surface area contributed by atoms with Gasteiger partial charge in [0.1, 0.15) is 5.82 Å². The molecule has 1 atom stereocenters. The van der Waals surface area contributed by atoms with Crippen molar-refractivity contribution >= 4 is 11.8 Å². The Morgan fingerprint density at radius 2 is 2.41 bits per heavy atom. The van der Waals surface area contributed by atoms with Crippen LogP contribution < -0.4 is 4.90 Å². The molecule has 2 rings (SSSR count). The van der Waals surface area contributed by atoms with Crippen molar-refractivity contribution < 1.29 is 9.90 Å². The van der Waals surface area contributed by atoms with Crippen LogP contribution in [0.25, 0.3) is 0 Å². The van der Waals surface area contributed by atoms with Gasteiger partial charge in [0.05, 0.1) is 11.6 Å². The van der Waals surface area contributed by atoms with E-state index in [1.54, 1.807) is 18.6 Å². The number of carboxylic acid groups (broad SMARTS) is 1. The maximum Gasteiger partial charge on any atom is 0.311 e. The van der Waals surface area contributed by atoms with E-state index in [4.69, 9.17) is 0 Å². The summed E-state index contributed by atoms with van der Waals surface area (Å²) in [6.45, 7) is 3.30. The van der Waals surface area contributed by atoms with Crippen LogP contribution in [0.4, 0.5) is 5.82 Å². The van der Waals surface area contributed by atoms with Gasteiger partial charge >= 0.3 is 5.97 Å². The van der Waals surface area contributed by atoms with Crippen molar-refractivity contribution in [1.29, 1.82) is 0 Å². The molecule has 1 aliphatic rings. The fourth-order valence-electron chi connectivity index (χ4n) is 2.49. The van der Waals surface area contributed by atoms with Crippen LogP contribution in [0.2, 0.25) is 0 Å². The third kappa shape index (κ3) is 2.23. The predicted octanol–water partition coefficient (Wildman–Crippen LogP) is 1.56. The van der Waals surface area contributed by atoms with Gasteiger partial charge in [0, 0.05) is 25.5 Å². The standard InChI is InChI=1S/C12H17N3O2/c1-2-3-12(11(16)17)4-7-15(9-12)10-8-13-5-6-14-10/h5-6,8H,2-4,7,9H2,1H3,(H,16,17). The number of carboxylic acids is 1. The molecule has 1 unspecified atom stereocenters. The lowest BCUT2D eigenvalue weighted by atomic mass is 9.83. The number of carbonyl (C=O) groups is 1. The quantitative estimate of drug-likeness (QED) is 0.857. The molecular formula is C12H17N3O2. The van der Waals surface area contributed by atoms with Crippen molar-refractivity contribution in [3.8, 4) is 0 Å². The molecule has 0 aromatic carbocycles. The summed E-state index contributed by atoms with van der Waals surface area (Å²) in [5.74, 6) is 0.0810. The number of hydrogen-bond donors (Lipinski definition) is 1. The minimum absolute atomic E-state index is 0.537. The lowest BCUT2D eigenvalue weighted by Crippen LogP contribution is -2.34. The Labute approximate surface area is 100 Å². The summed E-state index contributed by atoms with van der Waals surface area (Å²) in [5.41, 5.74) is -0.605. The van der Waals surface area contributed by atoms with E-state index >= 15 is 0 Å². The van der Waals surface area contributed by atoms with Gasteiger partial charge in [0.15, 0.2) is 0 Å². The number of aromatic nitrogens is 2. The molecule has 1 aliphatic heterocycles.